The Kier molecular flexibility index (Phi) is 5.88. The number of rotatable bonds is 4. The van der Waals surface area contributed by atoms with Crippen LogP contribution < -0.4 is 10.6 Å². The first-order valence-electron chi connectivity index (χ1n) is 7.64. The fraction of sp³-hybridized carbons (Fsp3) is 0.562. The maximum absolute atomic E-state index is 11.7. The number of halogens is 1. The van der Waals surface area contributed by atoms with Crippen molar-refractivity contribution in [1.82, 2.24) is 10.2 Å². The summed E-state index contributed by atoms with van der Waals surface area (Å²) >= 11 is 6.26. The van der Waals surface area contributed by atoms with Gasteiger partial charge in [-0.25, -0.2) is 0 Å². The normalized spacial score (nSPS) is 19.9. The summed E-state index contributed by atoms with van der Waals surface area (Å²) < 4.78 is 0. The third-order valence-corrected chi connectivity index (χ3v) is 4.41. The molecule has 0 spiro atoms. The first-order chi connectivity index (χ1) is 10.1. The Morgan fingerprint density at radius 1 is 1.38 bits per heavy atom. The molecule has 0 radical (unpaired) electrons. The van der Waals surface area contributed by atoms with Crippen molar-refractivity contribution in [2.75, 3.05) is 32.0 Å². The second-order valence-corrected chi connectivity index (χ2v) is 5.89. The SMILES string of the molecule is CCN1CCCC(Nc2cc(C(=O)NC)ccc2Cl)CC1. The molecule has 1 atom stereocenters. The lowest BCUT2D eigenvalue weighted by Gasteiger charge is -2.20. The fourth-order valence-corrected chi connectivity index (χ4v) is 2.93. The predicted octanol–water partition coefficient (Wildman–Crippen LogP) is 2.99. The van der Waals surface area contributed by atoms with Crippen molar-refractivity contribution in [3.63, 3.8) is 0 Å². The Labute approximate surface area is 131 Å². The van der Waals surface area contributed by atoms with E-state index in [2.05, 4.69) is 22.5 Å². The number of hydrogen-bond donors (Lipinski definition) is 2. The number of amides is 1. The minimum atomic E-state index is -0.0901. The Balaban J connectivity index is 2.06. The second kappa shape index (κ2) is 7.66. The monoisotopic (exact) mass is 309 g/mol. The third-order valence-electron chi connectivity index (χ3n) is 4.08. The summed E-state index contributed by atoms with van der Waals surface area (Å²) in [6, 6.07) is 5.78. The van der Waals surface area contributed by atoms with Crippen molar-refractivity contribution in [3.8, 4) is 0 Å². The molecule has 0 aliphatic carbocycles. The number of hydrogen-bond acceptors (Lipinski definition) is 3. The summed E-state index contributed by atoms with van der Waals surface area (Å²) in [6.45, 7) is 5.60. The molecule has 1 aliphatic heterocycles. The van der Waals surface area contributed by atoms with Crippen LogP contribution in [-0.2, 0) is 0 Å². The number of carbonyl (C=O) groups is 1. The van der Waals surface area contributed by atoms with E-state index in [1.165, 1.54) is 13.0 Å². The van der Waals surface area contributed by atoms with E-state index in [0.29, 0.717) is 16.6 Å². The largest absolute Gasteiger partial charge is 0.381 e. The number of nitrogens with zero attached hydrogens (tertiary/aromatic N) is 1. The zero-order valence-electron chi connectivity index (χ0n) is 12.8. The lowest BCUT2D eigenvalue weighted by atomic mass is 10.1. The van der Waals surface area contributed by atoms with Gasteiger partial charge in [0.05, 0.1) is 10.7 Å². The van der Waals surface area contributed by atoms with Crippen molar-refractivity contribution in [1.29, 1.82) is 0 Å². The number of benzene rings is 1. The fourth-order valence-electron chi connectivity index (χ4n) is 2.76. The first kappa shape index (κ1) is 16.1. The number of likely N-dealkylation sites (tertiary alicyclic amines) is 1. The van der Waals surface area contributed by atoms with Gasteiger partial charge in [0.2, 0.25) is 0 Å². The predicted molar refractivity (Wildman–Crippen MR) is 88.2 cm³/mol. The highest BCUT2D eigenvalue weighted by Gasteiger charge is 2.17. The van der Waals surface area contributed by atoms with Crippen LogP contribution >= 0.6 is 11.6 Å². The lowest BCUT2D eigenvalue weighted by Crippen LogP contribution is -2.26. The topological polar surface area (TPSA) is 44.4 Å². The van der Waals surface area contributed by atoms with Crippen LogP contribution in [0.4, 0.5) is 5.69 Å². The van der Waals surface area contributed by atoms with Crippen molar-refractivity contribution < 1.29 is 4.79 Å². The van der Waals surface area contributed by atoms with Crippen LogP contribution in [0, 0.1) is 0 Å². The molecular weight excluding hydrogens is 286 g/mol. The van der Waals surface area contributed by atoms with Gasteiger partial charge in [-0.05, 0) is 50.6 Å². The first-order valence-corrected chi connectivity index (χ1v) is 8.02. The van der Waals surface area contributed by atoms with E-state index >= 15 is 0 Å². The summed E-state index contributed by atoms with van der Waals surface area (Å²) in [6.07, 6.45) is 3.43. The smallest absolute Gasteiger partial charge is 0.251 e. The Hall–Kier alpha value is -1.26. The van der Waals surface area contributed by atoms with Crippen molar-refractivity contribution in [3.05, 3.63) is 28.8 Å². The molecule has 116 valence electrons. The van der Waals surface area contributed by atoms with Crippen LogP contribution in [0.25, 0.3) is 0 Å². The maximum atomic E-state index is 11.7. The third kappa shape index (κ3) is 4.35. The van der Waals surface area contributed by atoms with Gasteiger partial charge in [-0.2, -0.15) is 0 Å². The van der Waals surface area contributed by atoms with Gasteiger partial charge in [0, 0.05) is 25.2 Å². The van der Waals surface area contributed by atoms with Crippen LogP contribution in [0.5, 0.6) is 0 Å². The molecular formula is C16H24ClN3O. The Bertz CT molecular complexity index is 492. The zero-order valence-corrected chi connectivity index (χ0v) is 13.5. The molecule has 4 nitrogen and oxygen atoms in total. The molecule has 0 aromatic heterocycles. The molecule has 1 fully saturated rings. The Morgan fingerprint density at radius 2 is 2.19 bits per heavy atom. The van der Waals surface area contributed by atoms with E-state index in [1.807, 2.05) is 6.07 Å². The molecule has 1 saturated heterocycles. The van der Waals surface area contributed by atoms with Crippen LogP contribution in [0.2, 0.25) is 5.02 Å². The molecule has 0 saturated carbocycles. The lowest BCUT2D eigenvalue weighted by molar-refractivity contribution is 0.0963. The van der Waals surface area contributed by atoms with Gasteiger partial charge in [0.15, 0.2) is 0 Å². The summed E-state index contributed by atoms with van der Waals surface area (Å²) in [5.41, 5.74) is 1.49. The molecule has 0 bridgehead atoms. The average molecular weight is 310 g/mol. The highest BCUT2D eigenvalue weighted by Crippen LogP contribution is 2.26. The highest BCUT2D eigenvalue weighted by atomic mass is 35.5. The van der Waals surface area contributed by atoms with E-state index in [4.69, 9.17) is 11.6 Å². The van der Waals surface area contributed by atoms with Gasteiger partial charge in [-0.3, -0.25) is 4.79 Å². The molecule has 21 heavy (non-hydrogen) atoms. The van der Waals surface area contributed by atoms with Gasteiger partial charge in [0.25, 0.3) is 5.91 Å². The maximum Gasteiger partial charge on any atom is 0.251 e. The Morgan fingerprint density at radius 3 is 2.90 bits per heavy atom. The molecule has 2 N–H and O–H groups in total. The summed E-state index contributed by atoms with van der Waals surface area (Å²) in [7, 11) is 1.63. The molecule has 1 unspecified atom stereocenters. The minimum Gasteiger partial charge on any atom is -0.381 e. The van der Waals surface area contributed by atoms with Gasteiger partial charge < -0.3 is 15.5 Å². The number of nitrogens with one attached hydrogen (secondary N) is 2. The summed E-state index contributed by atoms with van der Waals surface area (Å²) in [4.78, 5) is 14.2. The second-order valence-electron chi connectivity index (χ2n) is 5.48. The quantitative estimate of drug-likeness (QED) is 0.898. The summed E-state index contributed by atoms with van der Waals surface area (Å²) in [5, 5.41) is 6.82. The van der Waals surface area contributed by atoms with Crippen molar-refractivity contribution in [2.24, 2.45) is 0 Å². The molecule has 2 rings (SSSR count). The molecule has 1 aromatic rings. The van der Waals surface area contributed by atoms with E-state index in [9.17, 15) is 4.79 Å². The standard InChI is InChI=1S/C16H24ClN3O/c1-3-20-9-4-5-13(8-10-20)19-15-11-12(16(21)18-2)6-7-14(15)17/h6-7,11,13,19H,3-5,8-10H2,1-2H3,(H,18,21). The molecule has 1 heterocycles. The van der Waals surface area contributed by atoms with E-state index in [-0.39, 0.29) is 5.91 Å². The van der Waals surface area contributed by atoms with E-state index in [1.54, 1.807) is 19.2 Å². The molecule has 1 aromatic carbocycles. The van der Waals surface area contributed by atoms with Gasteiger partial charge in [-0.15, -0.1) is 0 Å². The van der Waals surface area contributed by atoms with Crippen LogP contribution in [0.3, 0.4) is 0 Å². The van der Waals surface area contributed by atoms with E-state index < -0.39 is 0 Å². The van der Waals surface area contributed by atoms with E-state index in [0.717, 1.165) is 31.6 Å². The average Bonchev–Trinajstić information content (AvgIpc) is 2.73. The highest BCUT2D eigenvalue weighted by molar-refractivity contribution is 6.33. The van der Waals surface area contributed by atoms with Crippen LogP contribution in [0.15, 0.2) is 18.2 Å². The van der Waals surface area contributed by atoms with Crippen LogP contribution in [-0.4, -0.2) is 43.5 Å². The van der Waals surface area contributed by atoms with Gasteiger partial charge in [0.1, 0.15) is 0 Å². The van der Waals surface area contributed by atoms with Gasteiger partial charge >= 0.3 is 0 Å². The molecule has 1 amide bonds. The zero-order chi connectivity index (χ0) is 15.2. The summed E-state index contributed by atoms with van der Waals surface area (Å²) in [5.74, 6) is -0.0901. The number of carbonyl (C=O) groups excluding carboxylic acids is 1. The van der Waals surface area contributed by atoms with Crippen LogP contribution in [0.1, 0.15) is 36.5 Å². The van der Waals surface area contributed by atoms with Crippen molar-refractivity contribution in [2.45, 2.75) is 32.2 Å². The molecule has 5 heteroatoms. The van der Waals surface area contributed by atoms with Crippen molar-refractivity contribution >= 4 is 23.2 Å². The minimum absolute atomic E-state index is 0.0901. The molecule has 1 aliphatic rings. The van der Waals surface area contributed by atoms with Gasteiger partial charge in [-0.1, -0.05) is 18.5 Å². The number of anilines is 1.